The highest BCUT2D eigenvalue weighted by molar-refractivity contribution is 7.18. The standard InChI is InChI=1S/C30H29FN6O4S/c31-21-3-1-4-24-29(21)34-28(42-24)18-41-27-6-2-5-25(33-27)36-12-10-35(11-13-36)17-26-32-22-8-7-19(30(38)39)15-23(22)37(26)16-20-9-14-40-20/h1-8,15,20H,9-14,16-18H2,(H,38,39)/t20-/m0/s1. The number of hydrogen-bond acceptors (Lipinski definition) is 9. The van der Waals surface area contributed by atoms with E-state index >= 15 is 0 Å². The van der Waals surface area contributed by atoms with E-state index in [1.54, 1.807) is 24.3 Å². The molecule has 5 heterocycles. The van der Waals surface area contributed by atoms with Crippen molar-refractivity contribution in [1.82, 2.24) is 24.4 Å². The number of benzene rings is 2. The highest BCUT2D eigenvalue weighted by Crippen LogP contribution is 2.27. The summed E-state index contributed by atoms with van der Waals surface area (Å²) < 4.78 is 28.5. The van der Waals surface area contributed by atoms with Crippen LogP contribution in [-0.2, 0) is 24.4 Å². The third-order valence-electron chi connectivity index (χ3n) is 7.78. The van der Waals surface area contributed by atoms with Crippen LogP contribution < -0.4 is 9.64 Å². The Bertz CT molecular complexity index is 1760. The average molecular weight is 589 g/mol. The summed E-state index contributed by atoms with van der Waals surface area (Å²) in [6.45, 7) is 5.56. The number of nitrogens with zero attached hydrogens (tertiary/aromatic N) is 6. The fourth-order valence-electron chi connectivity index (χ4n) is 5.42. The Labute approximate surface area is 244 Å². The number of halogens is 1. The van der Waals surface area contributed by atoms with Gasteiger partial charge in [0.15, 0.2) is 0 Å². The number of aromatic nitrogens is 4. The molecule has 216 valence electrons. The minimum atomic E-state index is -0.947. The number of anilines is 1. The van der Waals surface area contributed by atoms with Crippen LogP contribution in [0.5, 0.6) is 5.88 Å². The van der Waals surface area contributed by atoms with Crippen molar-refractivity contribution in [3.05, 3.63) is 76.8 Å². The van der Waals surface area contributed by atoms with E-state index in [-0.39, 0.29) is 24.1 Å². The van der Waals surface area contributed by atoms with Gasteiger partial charge in [0.25, 0.3) is 0 Å². The Balaban J connectivity index is 1.00. The van der Waals surface area contributed by atoms with Crippen LogP contribution in [0.3, 0.4) is 0 Å². The fourth-order valence-corrected chi connectivity index (χ4v) is 6.31. The van der Waals surface area contributed by atoms with E-state index in [1.807, 2.05) is 24.3 Å². The van der Waals surface area contributed by atoms with Crippen LogP contribution in [-0.4, -0.2) is 74.4 Å². The van der Waals surface area contributed by atoms with E-state index in [0.717, 1.165) is 66.6 Å². The molecule has 0 amide bonds. The van der Waals surface area contributed by atoms with Crippen LogP contribution >= 0.6 is 11.3 Å². The van der Waals surface area contributed by atoms with Gasteiger partial charge >= 0.3 is 5.97 Å². The normalized spacial score (nSPS) is 17.5. The number of hydrogen-bond donors (Lipinski definition) is 1. The zero-order valence-electron chi connectivity index (χ0n) is 22.8. The smallest absolute Gasteiger partial charge is 0.335 e. The molecule has 0 radical (unpaired) electrons. The third-order valence-corrected chi connectivity index (χ3v) is 8.78. The topological polar surface area (TPSA) is 106 Å². The fraction of sp³-hybridized carbons (Fsp3) is 0.333. The van der Waals surface area contributed by atoms with Gasteiger partial charge in [0.2, 0.25) is 5.88 Å². The van der Waals surface area contributed by atoms with Crippen molar-refractivity contribution >= 4 is 44.4 Å². The number of fused-ring (bicyclic) bond motifs is 2. The molecule has 2 aliphatic rings. The molecule has 0 spiro atoms. The highest BCUT2D eigenvalue weighted by atomic mass is 32.1. The number of carbonyl (C=O) groups is 1. The average Bonchev–Trinajstić information content (AvgIpc) is 3.55. The molecule has 7 rings (SSSR count). The van der Waals surface area contributed by atoms with E-state index in [4.69, 9.17) is 19.4 Å². The van der Waals surface area contributed by atoms with Crippen LogP contribution in [0.15, 0.2) is 54.6 Å². The number of piperazine rings is 1. The van der Waals surface area contributed by atoms with Gasteiger partial charge in [0, 0.05) is 38.9 Å². The number of thiazole rings is 1. The largest absolute Gasteiger partial charge is 0.478 e. The minimum absolute atomic E-state index is 0.128. The number of carboxylic acids is 1. The summed E-state index contributed by atoms with van der Waals surface area (Å²) in [5.74, 6) is 0.990. The van der Waals surface area contributed by atoms with Gasteiger partial charge in [-0.05, 0) is 42.8 Å². The SMILES string of the molecule is O=C(O)c1ccc2nc(CN3CCN(c4cccc(OCc5nc6c(F)cccc6s5)n4)CC3)n(C[C@@H]3CCO3)c2c1. The highest BCUT2D eigenvalue weighted by Gasteiger charge is 2.25. The zero-order chi connectivity index (χ0) is 28.6. The van der Waals surface area contributed by atoms with Crippen LogP contribution in [0.2, 0.25) is 0 Å². The molecule has 1 atom stereocenters. The summed E-state index contributed by atoms with van der Waals surface area (Å²) in [5, 5.41) is 10.2. The number of carboxylic acid groups (broad SMARTS) is 1. The maximum absolute atomic E-state index is 14.0. The second-order valence-electron chi connectivity index (χ2n) is 10.5. The van der Waals surface area contributed by atoms with Crippen LogP contribution in [0.4, 0.5) is 10.2 Å². The maximum atomic E-state index is 14.0. The van der Waals surface area contributed by atoms with Crippen molar-refractivity contribution in [1.29, 1.82) is 0 Å². The second kappa shape index (κ2) is 11.3. The van der Waals surface area contributed by atoms with Gasteiger partial charge in [-0.2, -0.15) is 4.98 Å². The molecule has 1 N–H and O–H groups in total. The molecule has 0 unspecified atom stereocenters. The first kappa shape index (κ1) is 26.7. The number of ether oxygens (including phenoxy) is 2. The Morgan fingerprint density at radius 2 is 1.90 bits per heavy atom. The Morgan fingerprint density at radius 3 is 2.67 bits per heavy atom. The minimum Gasteiger partial charge on any atom is -0.478 e. The molecule has 2 aliphatic heterocycles. The van der Waals surface area contributed by atoms with Crippen molar-refractivity contribution < 1.29 is 23.8 Å². The van der Waals surface area contributed by atoms with Gasteiger partial charge in [-0.15, -0.1) is 11.3 Å². The maximum Gasteiger partial charge on any atom is 0.335 e. The van der Waals surface area contributed by atoms with Crippen molar-refractivity contribution in [3.8, 4) is 5.88 Å². The Hall–Kier alpha value is -4.13. The monoisotopic (exact) mass is 588 g/mol. The van der Waals surface area contributed by atoms with Gasteiger partial charge < -0.3 is 24.0 Å². The van der Waals surface area contributed by atoms with Crippen LogP contribution in [0.1, 0.15) is 27.6 Å². The molecule has 0 aliphatic carbocycles. The lowest BCUT2D eigenvalue weighted by molar-refractivity contribution is -0.0592. The number of rotatable bonds is 9. The molecular formula is C30H29FN6O4S. The van der Waals surface area contributed by atoms with Crippen LogP contribution in [0, 0.1) is 5.82 Å². The van der Waals surface area contributed by atoms with Gasteiger partial charge in [-0.3, -0.25) is 4.90 Å². The lowest BCUT2D eigenvalue weighted by Gasteiger charge is -2.35. The number of imidazole rings is 1. The molecule has 10 nitrogen and oxygen atoms in total. The molecule has 5 aromatic rings. The lowest BCUT2D eigenvalue weighted by atomic mass is 10.1. The predicted octanol–water partition coefficient (Wildman–Crippen LogP) is 4.57. The number of pyridine rings is 1. The molecule has 2 aromatic carbocycles. The number of para-hydroxylation sites is 1. The Kier molecular flexibility index (Phi) is 7.18. The summed E-state index contributed by atoms with van der Waals surface area (Å²) in [7, 11) is 0. The van der Waals surface area contributed by atoms with Crippen molar-refractivity contribution in [2.45, 2.75) is 32.2 Å². The van der Waals surface area contributed by atoms with E-state index in [1.165, 1.54) is 17.4 Å². The van der Waals surface area contributed by atoms with E-state index in [9.17, 15) is 14.3 Å². The molecule has 0 saturated carbocycles. The van der Waals surface area contributed by atoms with Crippen molar-refractivity contribution in [2.75, 3.05) is 37.7 Å². The molecule has 3 aromatic heterocycles. The first-order valence-electron chi connectivity index (χ1n) is 14.0. The van der Waals surface area contributed by atoms with E-state index in [2.05, 4.69) is 19.4 Å². The first-order chi connectivity index (χ1) is 20.5. The summed E-state index contributed by atoms with van der Waals surface area (Å²) in [6, 6.07) is 15.8. The molecule has 2 saturated heterocycles. The van der Waals surface area contributed by atoms with E-state index < -0.39 is 5.97 Å². The molecular weight excluding hydrogens is 559 g/mol. The van der Waals surface area contributed by atoms with Gasteiger partial charge in [0.1, 0.15) is 34.6 Å². The number of aromatic carboxylic acids is 1. The summed E-state index contributed by atoms with van der Waals surface area (Å²) >= 11 is 1.42. The van der Waals surface area contributed by atoms with Gasteiger partial charge in [0.05, 0.1) is 40.5 Å². The summed E-state index contributed by atoms with van der Waals surface area (Å²) in [6.07, 6.45) is 1.12. The lowest BCUT2D eigenvalue weighted by Crippen LogP contribution is -2.46. The zero-order valence-corrected chi connectivity index (χ0v) is 23.6. The summed E-state index contributed by atoms with van der Waals surface area (Å²) in [4.78, 5) is 30.2. The molecule has 42 heavy (non-hydrogen) atoms. The predicted molar refractivity (Wildman–Crippen MR) is 157 cm³/mol. The van der Waals surface area contributed by atoms with Gasteiger partial charge in [-0.1, -0.05) is 12.1 Å². The second-order valence-corrected chi connectivity index (χ2v) is 11.6. The summed E-state index contributed by atoms with van der Waals surface area (Å²) in [5.41, 5.74) is 2.25. The van der Waals surface area contributed by atoms with Crippen LogP contribution in [0.25, 0.3) is 21.3 Å². The van der Waals surface area contributed by atoms with Crippen molar-refractivity contribution in [3.63, 3.8) is 0 Å². The van der Waals surface area contributed by atoms with Gasteiger partial charge in [-0.25, -0.2) is 19.2 Å². The van der Waals surface area contributed by atoms with E-state index in [0.29, 0.717) is 29.5 Å². The third kappa shape index (κ3) is 5.40. The molecule has 2 fully saturated rings. The Morgan fingerprint density at radius 1 is 1.07 bits per heavy atom. The molecule has 0 bridgehead atoms. The quantitative estimate of drug-likeness (QED) is 0.265. The first-order valence-corrected chi connectivity index (χ1v) is 14.8. The van der Waals surface area contributed by atoms with Crippen molar-refractivity contribution in [2.24, 2.45) is 0 Å². The molecule has 12 heteroatoms.